The van der Waals surface area contributed by atoms with Gasteiger partial charge in [-0.3, -0.25) is 19.5 Å². The maximum absolute atomic E-state index is 5.98. The molecule has 134 valence electrons. The zero-order chi connectivity index (χ0) is 17.6. The lowest BCUT2D eigenvalue weighted by atomic mass is 10.1. The summed E-state index contributed by atoms with van der Waals surface area (Å²) < 4.78 is 8.10. The Morgan fingerprint density at radius 1 is 0.962 bits per heavy atom. The van der Waals surface area contributed by atoms with E-state index in [1.54, 1.807) is 6.20 Å². The molecular weight excluding hydrogens is 326 g/mol. The lowest BCUT2D eigenvalue weighted by Gasteiger charge is -2.23. The number of rotatable bonds is 6. The van der Waals surface area contributed by atoms with Crippen LogP contribution in [0.2, 0.25) is 0 Å². The Bertz CT molecular complexity index is 805. The third-order valence-corrected chi connectivity index (χ3v) is 4.61. The molecule has 1 aliphatic heterocycles. The molecular formula is C20H23N5O. The highest BCUT2D eigenvalue weighted by Gasteiger charge is 2.22. The van der Waals surface area contributed by atoms with Gasteiger partial charge in [-0.1, -0.05) is 12.1 Å². The monoisotopic (exact) mass is 349 g/mol. The van der Waals surface area contributed by atoms with Crippen molar-refractivity contribution in [2.45, 2.75) is 26.2 Å². The molecule has 0 saturated carbocycles. The van der Waals surface area contributed by atoms with Gasteiger partial charge in [-0.2, -0.15) is 5.10 Å². The van der Waals surface area contributed by atoms with Crippen LogP contribution in [-0.2, 0) is 31.0 Å². The molecule has 0 fully saturated rings. The Labute approximate surface area is 153 Å². The maximum atomic E-state index is 5.98. The third kappa shape index (κ3) is 4.33. The molecule has 0 aliphatic carbocycles. The first-order chi connectivity index (χ1) is 12.9. The molecule has 0 amide bonds. The Morgan fingerprint density at radius 2 is 1.77 bits per heavy atom. The van der Waals surface area contributed by atoms with Crippen LogP contribution in [0.5, 0.6) is 0 Å². The third-order valence-electron chi connectivity index (χ3n) is 4.61. The fraction of sp³-hybridized carbons (Fsp3) is 0.350. The number of pyridine rings is 2. The number of fused-ring (bicyclic) bond motifs is 1. The average Bonchev–Trinajstić information content (AvgIpc) is 3.03. The molecule has 26 heavy (non-hydrogen) atoms. The van der Waals surface area contributed by atoms with Crippen LogP contribution in [0.1, 0.15) is 16.8 Å². The van der Waals surface area contributed by atoms with Gasteiger partial charge in [0.2, 0.25) is 0 Å². The van der Waals surface area contributed by atoms with Crippen LogP contribution in [0, 0.1) is 5.92 Å². The molecule has 6 nitrogen and oxygen atoms in total. The van der Waals surface area contributed by atoms with Crippen LogP contribution in [0.25, 0.3) is 0 Å². The van der Waals surface area contributed by atoms with E-state index in [4.69, 9.17) is 4.74 Å². The van der Waals surface area contributed by atoms with E-state index in [-0.39, 0.29) is 0 Å². The normalized spacial score (nSPS) is 17.6. The molecule has 4 heterocycles. The molecule has 4 rings (SSSR count). The van der Waals surface area contributed by atoms with Crippen molar-refractivity contribution in [1.29, 1.82) is 0 Å². The Balaban J connectivity index is 1.40. The van der Waals surface area contributed by atoms with Gasteiger partial charge >= 0.3 is 0 Å². The summed E-state index contributed by atoms with van der Waals surface area (Å²) in [4.78, 5) is 10.8. The highest BCUT2D eigenvalue weighted by Crippen LogP contribution is 2.18. The topological polar surface area (TPSA) is 56.1 Å². The van der Waals surface area contributed by atoms with E-state index >= 15 is 0 Å². The zero-order valence-corrected chi connectivity index (χ0v) is 14.7. The largest absolute Gasteiger partial charge is 0.376 e. The van der Waals surface area contributed by atoms with Crippen LogP contribution < -0.4 is 0 Å². The van der Waals surface area contributed by atoms with Gasteiger partial charge < -0.3 is 4.74 Å². The molecule has 1 aliphatic rings. The quantitative estimate of drug-likeness (QED) is 0.684. The van der Waals surface area contributed by atoms with E-state index in [1.165, 1.54) is 11.3 Å². The summed E-state index contributed by atoms with van der Waals surface area (Å²) >= 11 is 0. The van der Waals surface area contributed by atoms with E-state index in [2.05, 4.69) is 36.8 Å². The number of nitrogens with zero attached hydrogens (tertiary/aromatic N) is 5. The summed E-state index contributed by atoms with van der Waals surface area (Å²) in [6.45, 7) is 4.95. The summed E-state index contributed by atoms with van der Waals surface area (Å²) in [7, 11) is 0. The highest BCUT2D eigenvalue weighted by molar-refractivity contribution is 5.10. The Morgan fingerprint density at radius 3 is 2.54 bits per heavy atom. The Kier molecular flexibility index (Phi) is 5.33. The first kappa shape index (κ1) is 16.9. The molecule has 3 aromatic heterocycles. The van der Waals surface area contributed by atoms with Crippen molar-refractivity contribution in [3.63, 3.8) is 0 Å². The van der Waals surface area contributed by atoms with Crippen LogP contribution in [0.15, 0.2) is 61.3 Å². The molecule has 0 radical (unpaired) electrons. The fourth-order valence-electron chi connectivity index (χ4n) is 3.42. The summed E-state index contributed by atoms with van der Waals surface area (Å²) in [6, 6.07) is 10.2. The van der Waals surface area contributed by atoms with Gasteiger partial charge in [0.25, 0.3) is 0 Å². The van der Waals surface area contributed by atoms with Crippen LogP contribution in [0.4, 0.5) is 0 Å². The first-order valence-corrected chi connectivity index (χ1v) is 8.95. The van der Waals surface area contributed by atoms with Gasteiger partial charge in [-0.05, 0) is 29.3 Å². The van der Waals surface area contributed by atoms with E-state index in [9.17, 15) is 0 Å². The molecule has 0 bridgehead atoms. The molecule has 6 heteroatoms. The minimum absolute atomic E-state index is 0.393. The SMILES string of the molecule is c1cncc(COC[C@H]2CN(Cc3cccnc3)Cc3ccnn3C2)c1. The van der Waals surface area contributed by atoms with Crippen molar-refractivity contribution in [2.75, 3.05) is 13.2 Å². The average molecular weight is 349 g/mol. The van der Waals surface area contributed by atoms with Crippen molar-refractivity contribution in [1.82, 2.24) is 24.6 Å². The lowest BCUT2D eigenvalue weighted by Crippen LogP contribution is -2.30. The molecule has 3 aromatic rings. The Hall–Kier alpha value is -2.57. The van der Waals surface area contributed by atoms with Crippen molar-refractivity contribution >= 4 is 0 Å². The minimum atomic E-state index is 0.393. The predicted octanol–water partition coefficient (Wildman–Crippen LogP) is 2.52. The van der Waals surface area contributed by atoms with Crippen molar-refractivity contribution < 1.29 is 4.74 Å². The second kappa shape index (κ2) is 8.21. The second-order valence-electron chi connectivity index (χ2n) is 6.78. The van der Waals surface area contributed by atoms with Crippen molar-refractivity contribution in [3.05, 3.63) is 78.1 Å². The number of hydrogen-bond acceptors (Lipinski definition) is 5. The van der Waals surface area contributed by atoms with Crippen molar-refractivity contribution in [2.24, 2.45) is 5.92 Å². The molecule has 0 N–H and O–H groups in total. The zero-order valence-electron chi connectivity index (χ0n) is 14.7. The molecule has 1 atom stereocenters. The van der Waals surface area contributed by atoms with Gasteiger partial charge in [0.1, 0.15) is 0 Å². The molecule has 0 unspecified atom stereocenters. The van der Waals surface area contributed by atoms with Gasteiger partial charge in [0.05, 0.1) is 18.9 Å². The van der Waals surface area contributed by atoms with Gasteiger partial charge in [0.15, 0.2) is 0 Å². The maximum Gasteiger partial charge on any atom is 0.0731 e. The number of ether oxygens (including phenoxy) is 1. The van der Waals surface area contributed by atoms with Crippen molar-refractivity contribution in [3.8, 4) is 0 Å². The number of aromatic nitrogens is 4. The molecule has 0 saturated heterocycles. The summed E-state index contributed by atoms with van der Waals surface area (Å²) in [5.74, 6) is 0.393. The summed E-state index contributed by atoms with van der Waals surface area (Å²) in [5.41, 5.74) is 3.59. The van der Waals surface area contributed by atoms with Gasteiger partial charge in [0, 0.05) is 63.1 Å². The highest BCUT2D eigenvalue weighted by atomic mass is 16.5. The smallest absolute Gasteiger partial charge is 0.0731 e. The number of hydrogen-bond donors (Lipinski definition) is 0. The molecule has 0 aromatic carbocycles. The first-order valence-electron chi connectivity index (χ1n) is 8.95. The van der Waals surface area contributed by atoms with E-state index in [0.29, 0.717) is 19.1 Å². The van der Waals surface area contributed by atoms with Gasteiger partial charge in [-0.25, -0.2) is 0 Å². The van der Waals surface area contributed by atoms with Crippen LogP contribution in [-0.4, -0.2) is 37.8 Å². The van der Waals surface area contributed by atoms with Crippen LogP contribution in [0.3, 0.4) is 0 Å². The van der Waals surface area contributed by atoms with E-state index < -0.39 is 0 Å². The fourth-order valence-corrected chi connectivity index (χ4v) is 3.42. The van der Waals surface area contributed by atoms with E-state index in [0.717, 1.165) is 31.7 Å². The van der Waals surface area contributed by atoms with Gasteiger partial charge in [-0.15, -0.1) is 0 Å². The summed E-state index contributed by atoms with van der Waals surface area (Å²) in [5, 5.41) is 4.49. The lowest BCUT2D eigenvalue weighted by molar-refractivity contribution is 0.0655. The standard InChI is InChI=1S/C20H23N5O/c1-3-17(9-21-6-1)11-24-12-19(13-25-20(14-24)5-8-23-25)16-26-15-18-4-2-7-22-10-18/h1-10,19H,11-16H2/t19-/m0/s1. The molecule has 0 spiro atoms. The predicted molar refractivity (Wildman–Crippen MR) is 98.0 cm³/mol. The van der Waals surface area contributed by atoms with Crippen LogP contribution >= 0.6 is 0 Å². The summed E-state index contributed by atoms with van der Waals surface area (Å²) in [6.07, 6.45) is 9.28. The van der Waals surface area contributed by atoms with E-state index in [1.807, 2.05) is 43.0 Å². The second-order valence-corrected chi connectivity index (χ2v) is 6.78. The minimum Gasteiger partial charge on any atom is -0.376 e.